The molecule has 14 nitrogen and oxygen atoms in total. The van der Waals surface area contributed by atoms with Gasteiger partial charge in [0.05, 0.1) is 29.2 Å². The average Bonchev–Trinajstić information content (AvgIpc) is 3.59. The first kappa shape index (κ1) is 39.0. The van der Waals surface area contributed by atoms with Gasteiger partial charge in [0.2, 0.25) is 6.23 Å². The number of tetrazole rings is 1. The van der Waals surface area contributed by atoms with Gasteiger partial charge in [-0.15, -0.1) is 5.10 Å². The molecule has 5 rings (SSSR count). The molecule has 52 heavy (non-hydrogen) atoms. The predicted molar refractivity (Wildman–Crippen MR) is 198 cm³/mol. The number of hydrogen-bond acceptors (Lipinski definition) is 13. The molecule has 14 heteroatoms. The number of aryl methyl sites for hydroxylation is 1. The summed E-state index contributed by atoms with van der Waals surface area (Å²) in [5, 5.41) is 32.7. The largest absolute Gasteiger partial charge is 0.439 e. The van der Waals surface area contributed by atoms with Crippen molar-refractivity contribution in [2.45, 2.75) is 118 Å². The van der Waals surface area contributed by atoms with E-state index < -0.39 is 17.1 Å². The zero-order valence-electron chi connectivity index (χ0n) is 31.8. The van der Waals surface area contributed by atoms with E-state index in [1.165, 1.54) is 0 Å². The molecular formula is C38H56N10O4. The molecule has 3 aromatic heterocycles. The number of hydrogen-bond donors (Lipinski definition) is 3. The van der Waals surface area contributed by atoms with Crippen molar-refractivity contribution in [2.75, 3.05) is 37.0 Å². The Bertz CT molecular complexity index is 1650. The number of aromatic nitrogens is 6. The van der Waals surface area contributed by atoms with Crippen molar-refractivity contribution in [2.24, 2.45) is 16.7 Å². The number of ether oxygens (including phenoxy) is 3. The summed E-state index contributed by atoms with van der Waals surface area (Å²) >= 11 is 0. The third-order valence-corrected chi connectivity index (χ3v) is 9.83. The van der Waals surface area contributed by atoms with Crippen LogP contribution in [-0.2, 0) is 25.6 Å². The highest BCUT2D eigenvalue weighted by molar-refractivity contribution is 5.75. The van der Waals surface area contributed by atoms with Gasteiger partial charge in [-0.3, -0.25) is 4.79 Å². The number of anilines is 2. The second-order valence-corrected chi connectivity index (χ2v) is 15.8. The van der Waals surface area contributed by atoms with Crippen LogP contribution >= 0.6 is 0 Å². The van der Waals surface area contributed by atoms with E-state index in [0.29, 0.717) is 44.3 Å². The van der Waals surface area contributed by atoms with E-state index in [1.807, 2.05) is 59.0 Å². The number of pyridine rings is 2. The molecule has 2 fully saturated rings. The standard InChI is InChI=1S/C38H56N10O4/c1-25(2)35(52-36(49)37(5,6)7)48-34(45-46-47-48)22-51-21-27(4)42-28-11-13-29(14-12-28)43-33-19-30(26(3)20-40-33)31-9-8-10-32(44-31)41-24-38(23-39)15-17-50-18-16-38/h8-10,19-20,25,27-29,35,42H,11-18,21-22,24H2,1-7H3,(H,40,43)(H,41,44)/t27-,28?,29?,35-/m0/s1. The summed E-state index contributed by atoms with van der Waals surface area (Å²) in [6.07, 6.45) is 6.88. The molecule has 0 bridgehead atoms. The zero-order valence-corrected chi connectivity index (χ0v) is 31.8. The normalized spacial score (nSPS) is 20.1. The van der Waals surface area contributed by atoms with E-state index in [4.69, 9.17) is 24.2 Å². The third-order valence-electron chi connectivity index (χ3n) is 9.83. The number of carbonyl (C=O) groups is 1. The van der Waals surface area contributed by atoms with E-state index in [-0.39, 0.29) is 24.5 Å². The van der Waals surface area contributed by atoms with E-state index in [2.05, 4.69) is 57.5 Å². The lowest BCUT2D eigenvalue weighted by molar-refractivity contribution is -0.168. The van der Waals surface area contributed by atoms with Gasteiger partial charge in [0.25, 0.3) is 0 Å². The van der Waals surface area contributed by atoms with Crippen molar-refractivity contribution in [3.05, 3.63) is 41.9 Å². The monoisotopic (exact) mass is 716 g/mol. The molecule has 0 amide bonds. The minimum absolute atomic E-state index is 0.0219. The Balaban J connectivity index is 1.07. The van der Waals surface area contributed by atoms with Crippen molar-refractivity contribution in [3.63, 3.8) is 0 Å². The Kier molecular flexibility index (Phi) is 13.2. The van der Waals surface area contributed by atoms with Crippen LogP contribution in [0, 0.1) is 35.0 Å². The van der Waals surface area contributed by atoms with Crippen LogP contribution in [-0.4, -0.2) is 80.6 Å². The van der Waals surface area contributed by atoms with Gasteiger partial charge in [-0.2, -0.15) is 9.94 Å². The molecule has 3 aromatic rings. The summed E-state index contributed by atoms with van der Waals surface area (Å²) in [6, 6.07) is 11.4. The summed E-state index contributed by atoms with van der Waals surface area (Å²) in [5.74, 6) is 1.80. The van der Waals surface area contributed by atoms with E-state index in [1.54, 1.807) is 4.68 Å². The van der Waals surface area contributed by atoms with Crippen molar-refractivity contribution in [1.82, 2.24) is 35.5 Å². The van der Waals surface area contributed by atoms with Gasteiger partial charge in [0.15, 0.2) is 5.82 Å². The highest BCUT2D eigenvalue weighted by atomic mass is 16.6. The fourth-order valence-electron chi connectivity index (χ4n) is 6.56. The first-order chi connectivity index (χ1) is 24.9. The molecule has 0 radical (unpaired) electrons. The Morgan fingerprint density at radius 3 is 2.54 bits per heavy atom. The third kappa shape index (κ3) is 10.5. The van der Waals surface area contributed by atoms with Crippen molar-refractivity contribution >= 4 is 17.6 Å². The lowest BCUT2D eigenvalue weighted by Crippen LogP contribution is -2.43. The summed E-state index contributed by atoms with van der Waals surface area (Å²) < 4.78 is 18.8. The smallest absolute Gasteiger partial charge is 0.313 e. The Hall–Kier alpha value is -4.19. The summed E-state index contributed by atoms with van der Waals surface area (Å²) in [7, 11) is 0. The molecule has 3 N–H and O–H groups in total. The lowest BCUT2D eigenvalue weighted by atomic mass is 9.82. The van der Waals surface area contributed by atoms with Gasteiger partial charge >= 0.3 is 5.97 Å². The molecule has 2 aliphatic rings. The molecule has 1 aliphatic carbocycles. The Morgan fingerprint density at radius 1 is 1.12 bits per heavy atom. The minimum Gasteiger partial charge on any atom is -0.439 e. The number of carbonyl (C=O) groups excluding carboxylic acids is 1. The molecule has 0 unspecified atom stereocenters. The van der Waals surface area contributed by atoms with Crippen LogP contribution in [0.4, 0.5) is 11.6 Å². The van der Waals surface area contributed by atoms with Crippen molar-refractivity contribution in [3.8, 4) is 17.3 Å². The zero-order chi connectivity index (χ0) is 37.3. The predicted octanol–water partition coefficient (Wildman–Crippen LogP) is 5.83. The second kappa shape index (κ2) is 17.6. The summed E-state index contributed by atoms with van der Waals surface area (Å²) in [5.41, 5.74) is 1.90. The molecule has 282 valence electrons. The van der Waals surface area contributed by atoms with Crippen LogP contribution in [0.25, 0.3) is 11.3 Å². The number of nitriles is 1. The van der Waals surface area contributed by atoms with Crippen LogP contribution in [0.3, 0.4) is 0 Å². The molecule has 1 saturated carbocycles. The van der Waals surface area contributed by atoms with Gasteiger partial charge < -0.3 is 30.2 Å². The first-order valence-corrected chi connectivity index (χ1v) is 18.6. The fraction of sp³-hybridized carbons (Fsp3) is 0.658. The van der Waals surface area contributed by atoms with Crippen LogP contribution < -0.4 is 16.0 Å². The SMILES string of the molecule is Cc1cnc(NC2CCC(N[C@@H](C)COCc3nnnn3[C@@H](OC(=O)C(C)(C)C)C(C)C)CC2)cc1-c1cccc(NCC2(C#N)CCOCC2)n1. The highest BCUT2D eigenvalue weighted by Crippen LogP contribution is 2.31. The molecule has 1 aliphatic heterocycles. The van der Waals surface area contributed by atoms with Crippen LogP contribution in [0.5, 0.6) is 0 Å². The summed E-state index contributed by atoms with van der Waals surface area (Å²) in [6.45, 7) is 16.1. The summed E-state index contributed by atoms with van der Waals surface area (Å²) in [4.78, 5) is 22.2. The molecule has 0 spiro atoms. The Morgan fingerprint density at radius 2 is 1.85 bits per heavy atom. The highest BCUT2D eigenvalue weighted by Gasteiger charge is 2.33. The Labute approximate surface area is 307 Å². The number of rotatable bonds is 15. The van der Waals surface area contributed by atoms with E-state index >= 15 is 0 Å². The maximum atomic E-state index is 12.6. The number of nitrogens with zero attached hydrogens (tertiary/aromatic N) is 7. The van der Waals surface area contributed by atoms with Gasteiger partial charge in [0, 0.05) is 55.6 Å². The van der Waals surface area contributed by atoms with Crippen LogP contribution in [0.1, 0.15) is 97.7 Å². The first-order valence-electron chi connectivity index (χ1n) is 18.6. The van der Waals surface area contributed by atoms with Gasteiger partial charge in [0.1, 0.15) is 18.2 Å². The lowest BCUT2D eigenvalue weighted by Gasteiger charge is -2.32. The second-order valence-electron chi connectivity index (χ2n) is 15.8. The maximum absolute atomic E-state index is 12.6. The van der Waals surface area contributed by atoms with Gasteiger partial charge in [-0.25, -0.2) is 9.97 Å². The molecule has 2 atom stereocenters. The van der Waals surface area contributed by atoms with E-state index in [9.17, 15) is 10.1 Å². The van der Waals surface area contributed by atoms with Gasteiger partial charge in [-0.05, 0) is 107 Å². The quantitative estimate of drug-likeness (QED) is 0.160. The molecular weight excluding hydrogens is 660 g/mol. The van der Waals surface area contributed by atoms with Crippen LogP contribution in [0.15, 0.2) is 30.5 Å². The molecule has 0 aromatic carbocycles. The average molecular weight is 717 g/mol. The minimum atomic E-state index is -0.631. The van der Waals surface area contributed by atoms with Crippen molar-refractivity contribution in [1.29, 1.82) is 5.26 Å². The van der Waals surface area contributed by atoms with E-state index in [0.717, 1.165) is 67.0 Å². The van der Waals surface area contributed by atoms with Crippen molar-refractivity contribution < 1.29 is 19.0 Å². The maximum Gasteiger partial charge on any atom is 0.313 e. The topological polar surface area (TPSA) is 174 Å². The van der Waals surface area contributed by atoms with Crippen LogP contribution in [0.2, 0.25) is 0 Å². The number of esters is 1. The molecule has 1 saturated heterocycles. The number of nitrogens with one attached hydrogen (secondary N) is 3. The van der Waals surface area contributed by atoms with Gasteiger partial charge in [-0.1, -0.05) is 19.9 Å². The molecule has 4 heterocycles. The fourth-order valence-corrected chi connectivity index (χ4v) is 6.56.